The molecule has 1 heterocycles. The summed E-state index contributed by atoms with van der Waals surface area (Å²) in [4.78, 5) is 0. The van der Waals surface area contributed by atoms with Crippen molar-refractivity contribution in [2.45, 2.75) is 0 Å². The van der Waals surface area contributed by atoms with Gasteiger partial charge in [-0.05, 0) is 0 Å². The van der Waals surface area contributed by atoms with Crippen LogP contribution in [0.1, 0.15) is 0 Å². The molecule has 1 aromatic heterocycles. The van der Waals surface area contributed by atoms with Crippen molar-refractivity contribution < 1.29 is 0 Å². The molecule has 0 saturated carbocycles. The zero-order valence-corrected chi connectivity index (χ0v) is 28.4. The molecule has 0 aliphatic carbocycles. The van der Waals surface area contributed by atoms with E-state index < -0.39 is 0 Å². The third-order valence-corrected chi connectivity index (χ3v) is 12.5. The summed E-state index contributed by atoms with van der Waals surface area (Å²) in [5.41, 5.74) is 10.1. The third-order valence-electron chi connectivity index (χ3n) is 10.1. The molecule has 0 bridgehead atoms. The zero-order valence-electron chi connectivity index (χ0n) is 26.7. The van der Waals surface area contributed by atoms with Gasteiger partial charge in [0.1, 0.15) is 0 Å². The first-order valence-electron chi connectivity index (χ1n) is 16.9. The second kappa shape index (κ2) is 11.5. The molecule has 0 radical (unpaired) electrons. The molecule has 228 valence electrons. The molecule has 0 N–H and O–H groups in total. The third kappa shape index (κ3) is 4.44. The second-order valence-electron chi connectivity index (χ2n) is 12.7. The number of rotatable bonds is 4. The fourth-order valence-corrected chi connectivity index (χ4v) is 10.4. The van der Waals surface area contributed by atoms with Crippen molar-refractivity contribution >= 4 is 66.1 Å². The van der Waals surface area contributed by atoms with Gasteiger partial charge in [0.05, 0.1) is 0 Å². The molecule has 10 rings (SSSR count). The number of benzene rings is 9. The standard InChI is InChI=1S/C48H30Se/c1-2-15-31(16-3-1)32-17-4-5-18-33(32)42-29-30-45-48(43-25-12-13-28-44(43)49-45)47(42)41-24-11-9-22-37(41)40-27-14-26-39-36-20-7-6-19-34(36)35-21-8-10-23-38(35)46(39)40/h1-30H. The molecule has 0 aliphatic heterocycles. The summed E-state index contributed by atoms with van der Waals surface area (Å²) in [5.74, 6) is 0. The Morgan fingerprint density at radius 2 is 0.735 bits per heavy atom. The van der Waals surface area contributed by atoms with Crippen LogP contribution < -0.4 is 0 Å². The average Bonchev–Trinajstić information content (AvgIpc) is 3.57. The van der Waals surface area contributed by atoms with Gasteiger partial charge < -0.3 is 0 Å². The molecule has 0 saturated heterocycles. The maximum atomic E-state index is 2.40. The second-order valence-corrected chi connectivity index (χ2v) is 15.0. The first kappa shape index (κ1) is 28.3. The van der Waals surface area contributed by atoms with Crippen LogP contribution in [0.5, 0.6) is 0 Å². The molecule has 1 heteroatoms. The summed E-state index contributed by atoms with van der Waals surface area (Å²) in [5, 5.41) is 10.6. The van der Waals surface area contributed by atoms with E-state index in [1.807, 2.05) is 0 Å². The Bertz CT molecular complexity index is 2830. The quantitative estimate of drug-likeness (QED) is 0.128. The van der Waals surface area contributed by atoms with Gasteiger partial charge in [-0.2, -0.15) is 0 Å². The molecule has 0 aliphatic rings. The summed E-state index contributed by atoms with van der Waals surface area (Å²) < 4.78 is 2.91. The minimum absolute atomic E-state index is 0.252. The number of fused-ring (bicyclic) bond motifs is 9. The minimum atomic E-state index is 0.252. The van der Waals surface area contributed by atoms with Crippen molar-refractivity contribution in [1.82, 2.24) is 0 Å². The summed E-state index contributed by atoms with van der Waals surface area (Å²) in [7, 11) is 0. The SMILES string of the molecule is c1ccc(-c2ccccc2-c2ccc3[se]c4ccccc4c3c2-c2ccccc2-c2cccc3c4ccccc4c4ccccc4c23)cc1. The summed E-state index contributed by atoms with van der Waals surface area (Å²) in [6, 6.07) is 67.4. The molecule has 0 amide bonds. The number of hydrogen-bond donors (Lipinski definition) is 0. The van der Waals surface area contributed by atoms with Crippen molar-refractivity contribution in [3.63, 3.8) is 0 Å². The molecular formula is C48H30Se. The predicted octanol–water partition coefficient (Wildman–Crippen LogP) is 13.2. The van der Waals surface area contributed by atoms with Crippen LogP contribution in [0.4, 0.5) is 0 Å². The van der Waals surface area contributed by atoms with E-state index in [0.29, 0.717) is 0 Å². The van der Waals surface area contributed by atoms with E-state index in [-0.39, 0.29) is 14.5 Å². The Labute approximate surface area is 291 Å². The molecule has 9 aromatic carbocycles. The van der Waals surface area contributed by atoms with Gasteiger partial charge >= 0.3 is 293 Å². The van der Waals surface area contributed by atoms with Gasteiger partial charge in [0.25, 0.3) is 0 Å². The summed E-state index contributed by atoms with van der Waals surface area (Å²) in [6.07, 6.45) is 0. The molecular weight excluding hydrogens is 655 g/mol. The van der Waals surface area contributed by atoms with Crippen molar-refractivity contribution in [2.75, 3.05) is 0 Å². The van der Waals surface area contributed by atoms with Gasteiger partial charge in [0.15, 0.2) is 0 Å². The fourth-order valence-electron chi connectivity index (χ4n) is 8.02. The zero-order chi connectivity index (χ0) is 32.3. The maximum absolute atomic E-state index is 2.40. The van der Waals surface area contributed by atoms with Crippen LogP contribution in [0.3, 0.4) is 0 Å². The molecule has 0 atom stereocenters. The Morgan fingerprint density at radius 1 is 0.245 bits per heavy atom. The van der Waals surface area contributed by atoms with Crippen LogP contribution in [0.15, 0.2) is 182 Å². The summed E-state index contributed by atoms with van der Waals surface area (Å²) >= 11 is 0.252. The van der Waals surface area contributed by atoms with E-state index in [2.05, 4.69) is 182 Å². The first-order valence-corrected chi connectivity index (χ1v) is 18.6. The van der Waals surface area contributed by atoms with Crippen LogP contribution in [-0.4, -0.2) is 14.5 Å². The normalized spacial score (nSPS) is 11.7. The Morgan fingerprint density at radius 3 is 1.45 bits per heavy atom. The van der Waals surface area contributed by atoms with Crippen molar-refractivity contribution in [2.24, 2.45) is 0 Å². The van der Waals surface area contributed by atoms with Crippen LogP contribution in [0.25, 0.3) is 96.1 Å². The van der Waals surface area contributed by atoms with Gasteiger partial charge in [-0.1, -0.05) is 0 Å². The summed E-state index contributed by atoms with van der Waals surface area (Å²) in [6.45, 7) is 0. The number of hydrogen-bond acceptors (Lipinski definition) is 0. The van der Waals surface area contributed by atoms with E-state index >= 15 is 0 Å². The van der Waals surface area contributed by atoms with Gasteiger partial charge in [-0.25, -0.2) is 0 Å². The molecule has 0 nitrogen and oxygen atoms in total. The average molecular weight is 686 g/mol. The van der Waals surface area contributed by atoms with Crippen molar-refractivity contribution in [1.29, 1.82) is 0 Å². The van der Waals surface area contributed by atoms with Crippen LogP contribution >= 0.6 is 0 Å². The van der Waals surface area contributed by atoms with Crippen LogP contribution in [0, 0.1) is 0 Å². The first-order chi connectivity index (χ1) is 24.3. The Kier molecular flexibility index (Phi) is 6.62. The van der Waals surface area contributed by atoms with E-state index in [4.69, 9.17) is 0 Å². The fraction of sp³-hybridized carbons (Fsp3) is 0. The Hall–Kier alpha value is -5.72. The topological polar surface area (TPSA) is 0 Å². The van der Waals surface area contributed by atoms with Crippen molar-refractivity contribution in [3.05, 3.63) is 182 Å². The van der Waals surface area contributed by atoms with Crippen LogP contribution in [0.2, 0.25) is 0 Å². The molecule has 10 aromatic rings. The van der Waals surface area contributed by atoms with Gasteiger partial charge in [-0.3, -0.25) is 0 Å². The Balaban J connectivity index is 1.35. The molecule has 0 fully saturated rings. The predicted molar refractivity (Wildman–Crippen MR) is 213 cm³/mol. The van der Waals surface area contributed by atoms with E-state index in [1.165, 1.54) is 96.1 Å². The van der Waals surface area contributed by atoms with E-state index in [1.54, 1.807) is 0 Å². The van der Waals surface area contributed by atoms with Crippen molar-refractivity contribution in [3.8, 4) is 44.5 Å². The van der Waals surface area contributed by atoms with E-state index in [9.17, 15) is 0 Å². The molecule has 0 spiro atoms. The van der Waals surface area contributed by atoms with Crippen LogP contribution in [-0.2, 0) is 0 Å². The van der Waals surface area contributed by atoms with Gasteiger partial charge in [0.2, 0.25) is 0 Å². The van der Waals surface area contributed by atoms with Gasteiger partial charge in [-0.15, -0.1) is 0 Å². The monoisotopic (exact) mass is 686 g/mol. The molecule has 49 heavy (non-hydrogen) atoms. The van der Waals surface area contributed by atoms with Gasteiger partial charge in [0, 0.05) is 0 Å². The molecule has 0 unspecified atom stereocenters. The van der Waals surface area contributed by atoms with E-state index in [0.717, 1.165) is 0 Å².